The monoisotopic (exact) mass is 361 g/mol. The van der Waals surface area contributed by atoms with Crippen molar-refractivity contribution in [2.24, 2.45) is 0 Å². The number of ether oxygens (including phenoxy) is 1. The number of aryl methyl sites for hydroxylation is 2. The molecular formula is C22H23N3O2. The molecule has 1 atom stereocenters. The first-order valence-electron chi connectivity index (χ1n) is 9.17. The van der Waals surface area contributed by atoms with Gasteiger partial charge in [0.25, 0.3) is 0 Å². The molecule has 0 saturated carbocycles. The van der Waals surface area contributed by atoms with E-state index in [0.29, 0.717) is 13.1 Å². The zero-order chi connectivity index (χ0) is 19.0. The first-order chi connectivity index (χ1) is 13.0. The molecule has 4 rings (SSSR count). The van der Waals surface area contributed by atoms with Gasteiger partial charge >= 0.3 is 5.97 Å². The van der Waals surface area contributed by atoms with Gasteiger partial charge in [-0.15, -0.1) is 0 Å². The minimum absolute atomic E-state index is 0.276. The van der Waals surface area contributed by atoms with Crippen LogP contribution in [0.1, 0.15) is 18.3 Å². The maximum Gasteiger partial charge on any atom is 0.303 e. The number of carbonyl (C=O) groups is 1. The molecule has 138 valence electrons. The van der Waals surface area contributed by atoms with Crippen molar-refractivity contribution in [3.8, 4) is 0 Å². The van der Waals surface area contributed by atoms with E-state index in [9.17, 15) is 4.79 Å². The van der Waals surface area contributed by atoms with E-state index in [0.717, 1.165) is 22.4 Å². The van der Waals surface area contributed by atoms with E-state index in [2.05, 4.69) is 46.1 Å². The summed E-state index contributed by atoms with van der Waals surface area (Å²) in [5.74, 6) is -0.276. The van der Waals surface area contributed by atoms with Crippen molar-refractivity contribution < 1.29 is 9.53 Å². The van der Waals surface area contributed by atoms with Gasteiger partial charge in [-0.1, -0.05) is 36.4 Å². The molecular weight excluding hydrogens is 338 g/mol. The number of fused-ring (bicyclic) bond motifs is 3. The van der Waals surface area contributed by atoms with Gasteiger partial charge in [0.15, 0.2) is 0 Å². The SMILES string of the molecule is CC(=O)OC(Cn1nc(C)cc1C)Cn1c2ccccc2c2ccccc21. The molecule has 0 fully saturated rings. The molecule has 0 saturated heterocycles. The van der Waals surface area contributed by atoms with Crippen LogP contribution in [0.4, 0.5) is 0 Å². The highest BCUT2D eigenvalue weighted by Crippen LogP contribution is 2.29. The third-order valence-corrected chi connectivity index (χ3v) is 4.88. The van der Waals surface area contributed by atoms with Gasteiger partial charge in [-0.3, -0.25) is 9.48 Å². The Bertz CT molecular complexity index is 1070. The van der Waals surface area contributed by atoms with Crippen molar-refractivity contribution in [1.29, 1.82) is 0 Å². The summed E-state index contributed by atoms with van der Waals surface area (Å²) < 4.78 is 9.82. The lowest BCUT2D eigenvalue weighted by Crippen LogP contribution is -2.28. The van der Waals surface area contributed by atoms with Crippen LogP contribution in [0.2, 0.25) is 0 Å². The van der Waals surface area contributed by atoms with Crippen molar-refractivity contribution in [2.75, 3.05) is 0 Å². The summed E-state index contributed by atoms with van der Waals surface area (Å²) in [6.45, 7) is 6.55. The highest BCUT2D eigenvalue weighted by Gasteiger charge is 2.19. The largest absolute Gasteiger partial charge is 0.459 e. The van der Waals surface area contributed by atoms with E-state index in [4.69, 9.17) is 4.74 Å². The molecule has 2 heterocycles. The molecule has 2 aromatic heterocycles. The van der Waals surface area contributed by atoms with Crippen molar-refractivity contribution in [1.82, 2.24) is 14.3 Å². The Labute approximate surface area is 158 Å². The average Bonchev–Trinajstić information content (AvgIpc) is 3.12. The second-order valence-corrected chi connectivity index (χ2v) is 6.99. The number of para-hydroxylation sites is 2. The first kappa shape index (κ1) is 17.3. The van der Waals surface area contributed by atoms with Gasteiger partial charge in [-0.05, 0) is 32.0 Å². The Morgan fingerprint density at radius 2 is 1.59 bits per heavy atom. The van der Waals surface area contributed by atoms with Gasteiger partial charge in [0, 0.05) is 34.4 Å². The van der Waals surface area contributed by atoms with Crippen LogP contribution in [0, 0.1) is 13.8 Å². The van der Waals surface area contributed by atoms with Crippen molar-refractivity contribution in [2.45, 2.75) is 40.0 Å². The molecule has 1 unspecified atom stereocenters. The van der Waals surface area contributed by atoms with Gasteiger partial charge in [0.05, 0.1) is 18.8 Å². The lowest BCUT2D eigenvalue weighted by atomic mass is 10.2. The number of nitrogens with zero attached hydrogens (tertiary/aromatic N) is 3. The van der Waals surface area contributed by atoms with E-state index < -0.39 is 0 Å². The number of rotatable bonds is 5. The normalized spacial score (nSPS) is 12.6. The lowest BCUT2D eigenvalue weighted by molar-refractivity contribution is -0.147. The Morgan fingerprint density at radius 1 is 1.00 bits per heavy atom. The molecule has 0 bridgehead atoms. The summed E-state index contributed by atoms with van der Waals surface area (Å²) in [5, 5.41) is 6.95. The average molecular weight is 361 g/mol. The fourth-order valence-corrected chi connectivity index (χ4v) is 3.82. The van der Waals surface area contributed by atoms with Gasteiger partial charge < -0.3 is 9.30 Å². The molecule has 5 heteroatoms. The van der Waals surface area contributed by atoms with Crippen LogP contribution in [0.25, 0.3) is 21.8 Å². The van der Waals surface area contributed by atoms with Crippen LogP contribution in [-0.4, -0.2) is 26.4 Å². The summed E-state index contributed by atoms with van der Waals surface area (Å²) >= 11 is 0. The summed E-state index contributed by atoms with van der Waals surface area (Å²) in [5.41, 5.74) is 4.31. The predicted octanol–water partition coefficient (Wildman–Crippen LogP) is 4.24. The van der Waals surface area contributed by atoms with Crippen molar-refractivity contribution >= 4 is 27.8 Å². The minimum atomic E-state index is -0.306. The quantitative estimate of drug-likeness (QED) is 0.500. The fourth-order valence-electron chi connectivity index (χ4n) is 3.82. The standard InChI is InChI=1S/C22H23N3O2/c1-15-12-16(2)25(23-15)14-18(27-17(3)26)13-24-21-10-6-4-8-19(21)20-9-5-7-11-22(20)24/h4-12,18H,13-14H2,1-3H3. The van der Waals surface area contributed by atoms with Gasteiger partial charge in [0.2, 0.25) is 0 Å². The summed E-state index contributed by atoms with van der Waals surface area (Å²) in [6, 6.07) is 18.7. The van der Waals surface area contributed by atoms with Crippen LogP contribution >= 0.6 is 0 Å². The second kappa shape index (κ2) is 6.91. The van der Waals surface area contributed by atoms with Gasteiger partial charge in [0.1, 0.15) is 6.10 Å². The predicted molar refractivity (Wildman–Crippen MR) is 107 cm³/mol. The topological polar surface area (TPSA) is 49.1 Å². The summed E-state index contributed by atoms with van der Waals surface area (Å²) in [7, 11) is 0. The maximum absolute atomic E-state index is 11.7. The Balaban J connectivity index is 1.76. The number of carbonyl (C=O) groups excluding carboxylic acids is 1. The highest BCUT2D eigenvalue weighted by molar-refractivity contribution is 6.07. The first-order valence-corrected chi connectivity index (χ1v) is 9.17. The second-order valence-electron chi connectivity index (χ2n) is 6.99. The van der Waals surface area contributed by atoms with Crippen molar-refractivity contribution in [3.05, 3.63) is 66.0 Å². The van der Waals surface area contributed by atoms with Crippen molar-refractivity contribution in [3.63, 3.8) is 0 Å². The number of hydrogen-bond acceptors (Lipinski definition) is 3. The Kier molecular flexibility index (Phi) is 4.44. The van der Waals surface area contributed by atoms with E-state index >= 15 is 0 Å². The van der Waals surface area contributed by atoms with Crippen LogP contribution in [0.15, 0.2) is 54.6 Å². The summed E-state index contributed by atoms with van der Waals surface area (Å²) in [4.78, 5) is 11.7. The van der Waals surface area contributed by atoms with E-state index in [-0.39, 0.29) is 12.1 Å². The van der Waals surface area contributed by atoms with Crippen LogP contribution in [-0.2, 0) is 22.6 Å². The smallest absolute Gasteiger partial charge is 0.303 e. The fraction of sp³-hybridized carbons (Fsp3) is 0.273. The number of hydrogen-bond donors (Lipinski definition) is 0. The Morgan fingerprint density at radius 3 is 2.11 bits per heavy atom. The molecule has 0 radical (unpaired) electrons. The lowest BCUT2D eigenvalue weighted by Gasteiger charge is -2.20. The molecule has 5 nitrogen and oxygen atoms in total. The maximum atomic E-state index is 11.7. The third kappa shape index (κ3) is 3.33. The molecule has 0 aliphatic carbocycles. The van der Waals surface area contributed by atoms with Crippen LogP contribution < -0.4 is 0 Å². The van der Waals surface area contributed by atoms with Gasteiger partial charge in [-0.2, -0.15) is 5.10 Å². The zero-order valence-corrected chi connectivity index (χ0v) is 15.8. The molecule has 27 heavy (non-hydrogen) atoms. The summed E-state index contributed by atoms with van der Waals surface area (Å²) in [6.07, 6.45) is -0.306. The third-order valence-electron chi connectivity index (χ3n) is 4.88. The minimum Gasteiger partial charge on any atom is -0.459 e. The molecule has 0 aliphatic heterocycles. The van der Waals surface area contributed by atoms with Gasteiger partial charge in [-0.25, -0.2) is 0 Å². The van der Waals surface area contributed by atoms with E-state index in [1.807, 2.05) is 36.7 Å². The van der Waals surface area contributed by atoms with E-state index in [1.54, 1.807) is 0 Å². The Hall–Kier alpha value is -3.08. The van der Waals surface area contributed by atoms with Crippen LogP contribution in [0.3, 0.4) is 0 Å². The number of benzene rings is 2. The van der Waals surface area contributed by atoms with E-state index in [1.165, 1.54) is 17.7 Å². The molecule has 0 N–H and O–H groups in total. The molecule has 0 aliphatic rings. The molecule has 2 aromatic carbocycles. The molecule has 0 spiro atoms. The number of esters is 1. The molecule has 4 aromatic rings. The zero-order valence-electron chi connectivity index (χ0n) is 15.8. The number of aromatic nitrogens is 3. The molecule has 0 amide bonds. The van der Waals surface area contributed by atoms with Crippen LogP contribution in [0.5, 0.6) is 0 Å². The highest BCUT2D eigenvalue weighted by atomic mass is 16.5.